The Balaban J connectivity index is 0.00000176. The molecule has 148 valence electrons. The van der Waals surface area contributed by atoms with E-state index in [4.69, 9.17) is 23.2 Å². The molecule has 0 bridgehead atoms. The number of carboxylic acid groups (broad SMARTS) is 1. The van der Waals surface area contributed by atoms with Crippen molar-refractivity contribution in [3.63, 3.8) is 0 Å². The molecule has 2 rings (SSSR count). The molecule has 0 spiro atoms. The lowest BCUT2D eigenvalue weighted by atomic mass is 9.79. The zero-order chi connectivity index (χ0) is 20.6. The summed E-state index contributed by atoms with van der Waals surface area (Å²) in [5, 5.41) is 10.7. The molecule has 2 unspecified atom stereocenters. The average Bonchev–Trinajstić information content (AvgIpc) is 2.62. The summed E-state index contributed by atoms with van der Waals surface area (Å²) in [7, 11) is 0. The molecule has 0 aromatic heterocycles. The van der Waals surface area contributed by atoms with E-state index >= 15 is 0 Å². The van der Waals surface area contributed by atoms with Gasteiger partial charge in [0.05, 0.1) is 5.92 Å². The molecule has 2 atom stereocenters. The van der Waals surface area contributed by atoms with Crippen LogP contribution >= 0.6 is 23.2 Å². The summed E-state index contributed by atoms with van der Waals surface area (Å²) in [6.45, 7) is 9.91. The van der Waals surface area contributed by atoms with Gasteiger partial charge in [0.2, 0.25) is 0 Å². The van der Waals surface area contributed by atoms with Gasteiger partial charge in [0.25, 0.3) is 0 Å². The van der Waals surface area contributed by atoms with Gasteiger partial charge in [-0.05, 0) is 54.2 Å². The van der Waals surface area contributed by atoms with E-state index in [1.165, 1.54) is 0 Å². The summed E-state index contributed by atoms with van der Waals surface area (Å²) < 4.78 is 0. The Morgan fingerprint density at radius 1 is 1.15 bits per heavy atom. The maximum Gasteiger partial charge on any atom is 0.306 e. The zero-order valence-corrected chi connectivity index (χ0v) is 18.4. The number of carbonyl (C=O) groups is 1. The summed E-state index contributed by atoms with van der Waals surface area (Å²) in [5.74, 6) is -1.33. The summed E-state index contributed by atoms with van der Waals surface area (Å²) in [6.07, 6.45) is 2.33. The lowest BCUT2D eigenvalue weighted by molar-refractivity contribution is -0.141. The Labute approximate surface area is 173 Å². The van der Waals surface area contributed by atoms with Crippen molar-refractivity contribution in [3.05, 3.63) is 68.7 Å². The SMILES string of the molecule is CC.CCCc1cc(Cl)cc(Cl)c1C(CC(C)C(=O)O)c1ccccc1C. The number of halogens is 2. The van der Waals surface area contributed by atoms with Crippen LogP contribution in [0.1, 0.15) is 68.7 Å². The van der Waals surface area contributed by atoms with Crippen LogP contribution < -0.4 is 0 Å². The molecule has 0 aliphatic carbocycles. The molecule has 0 saturated heterocycles. The second-order valence-electron chi connectivity index (χ2n) is 6.59. The normalized spacial score (nSPS) is 12.7. The summed E-state index contributed by atoms with van der Waals surface area (Å²) >= 11 is 12.8. The lowest BCUT2D eigenvalue weighted by Gasteiger charge is -2.26. The van der Waals surface area contributed by atoms with E-state index < -0.39 is 11.9 Å². The van der Waals surface area contributed by atoms with E-state index in [0.717, 1.165) is 35.1 Å². The molecule has 2 nitrogen and oxygen atoms in total. The molecular weight excluding hydrogens is 379 g/mol. The van der Waals surface area contributed by atoms with Crippen molar-refractivity contribution in [2.24, 2.45) is 5.92 Å². The Morgan fingerprint density at radius 2 is 1.78 bits per heavy atom. The van der Waals surface area contributed by atoms with Gasteiger partial charge in [0, 0.05) is 16.0 Å². The van der Waals surface area contributed by atoms with Gasteiger partial charge in [-0.15, -0.1) is 0 Å². The molecule has 2 aromatic carbocycles. The smallest absolute Gasteiger partial charge is 0.306 e. The fraction of sp³-hybridized carbons (Fsp3) is 0.435. The van der Waals surface area contributed by atoms with Gasteiger partial charge in [-0.1, -0.05) is 81.6 Å². The molecular formula is C23H30Cl2O2. The van der Waals surface area contributed by atoms with Crippen LogP contribution in [0, 0.1) is 12.8 Å². The largest absolute Gasteiger partial charge is 0.481 e. The van der Waals surface area contributed by atoms with Gasteiger partial charge in [0.15, 0.2) is 0 Å². The average molecular weight is 409 g/mol. The highest BCUT2D eigenvalue weighted by Gasteiger charge is 2.26. The Morgan fingerprint density at radius 3 is 2.33 bits per heavy atom. The monoisotopic (exact) mass is 408 g/mol. The molecule has 0 aliphatic heterocycles. The summed E-state index contributed by atoms with van der Waals surface area (Å²) in [5.41, 5.74) is 4.37. The molecule has 0 saturated carbocycles. The minimum absolute atomic E-state index is 0.0707. The van der Waals surface area contributed by atoms with E-state index in [0.29, 0.717) is 16.5 Å². The van der Waals surface area contributed by atoms with Gasteiger partial charge < -0.3 is 5.11 Å². The fourth-order valence-electron chi connectivity index (χ4n) is 3.34. The van der Waals surface area contributed by atoms with Crippen molar-refractivity contribution >= 4 is 29.2 Å². The topological polar surface area (TPSA) is 37.3 Å². The van der Waals surface area contributed by atoms with E-state index in [1.54, 1.807) is 13.0 Å². The van der Waals surface area contributed by atoms with Crippen molar-refractivity contribution in [1.82, 2.24) is 0 Å². The lowest BCUT2D eigenvalue weighted by Crippen LogP contribution is -2.17. The first kappa shape index (κ1) is 23.5. The van der Waals surface area contributed by atoms with Crippen LogP contribution in [0.25, 0.3) is 0 Å². The minimum atomic E-state index is -0.791. The van der Waals surface area contributed by atoms with Crippen LogP contribution in [-0.4, -0.2) is 11.1 Å². The van der Waals surface area contributed by atoms with Crippen LogP contribution in [0.3, 0.4) is 0 Å². The number of hydrogen-bond acceptors (Lipinski definition) is 1. The number of aryl methyl sites for hydroxylation is 2. The first-order valence-electron chi connectivity index (χ1n) is 9.61. The first-order valence-corrected chi connectivity index (χ1v) is 10.4. The molecule has 4 heteroatoms. The molecule has 0 aliphatic rings. The van der Waals surface area contributed by atoms with E-state index in [-0.39, 0.29) is 5.92 Å². The molecule has 0 radical (unpaired) electrons. The number of benzene rings is 2. The van der Waals surface area contributed by atoms with Crippen molar-refractivity contribution < 1.29 is 9.90 Å². The standard InChI is InChI=1S/C21H24Cl2O2.C2H6/c1-4-7-15-11-16(22)12-19(23)20(15)18(10-14(3)21(24)25)17-9-6-5-8-13(17)2;1-2/h5-6,8-9,11-12,14,18H,4,7,10H2,1-3H3,(H,24,25);1-2H3. The Hall–Kier alpha value is -1.51. The van der Waals surface area contributed by atoms with Crippen molar-refractivity contribution in [2.45, 2.75) is 59.8 Å². The van der Waals surface area contributed by atoms with Crippen molar-refractivity contribution in [3.8, 4) is 0 Å². The fourth-order valence-corrected chi connectivity index (χ4v) is 4.00. The Bertz CT molecular complexity index is 756. The number of aliphatic carboxylic acids is 1. The molecule has 1 N–H and O–H groups in total. The minimum Gasteiger partial charge on any atom is -0.481 e. The van der Waals surface area contributed by atoms with E-state index in [9.17, 15) is 9.90 Å². The van der Waals surface area contributed by atoms with Gasteiger partial charge in [0.1, 0.15) is 0 Å². The van der Waals surface area contributed by atoms with Gasteiger partial charge in [-0.3, -0.25) is 4.79 Å². The number of carboxylic acids is 1. The third kappa shape index (κ3) is 6.26. The maximum atomic E-state index is 11.5. The third-order valence-electron chi connectivity index (χ3n) is 4.62. The second kappa shape index (κ2) is 11.4. The van der Waals surface area contributed by atoms with E-state index in [1.807, 2.05) is 32.0 Å². The summed E-state index contributed by atoms with van der Waals surface area (Å²) in [4.78, 5) is 11.5. The van der Waals surface area contributed by atoms with Crippen molar-refractivity contribution in [1.29, 1.82) is 0 Å². The highest BCUT2D eigenvalue weighted by Crippen LogP contribution is 2.40. The van der Waals surface area contributed by atoms with Crippen LogP contribution in [0.2, 0.25) is 10.0 Å². The maximum absolute atomic E-state index is 11.5. The van der Waals surface area contributed by atoms with Crippen LogP contribution in [0.5, 0.6) is 0 Å². The highest BCUT2D eigenvalue weighted by atomic mass is 35.5. The zero-order valence-electron chi connectivity index (χ0n) is 16.9. The predicted octanol–water partition coefficient (Wildman–Crippen LogP) is 7.52. The number of hydrogen-bond donors (Lipinski definition) is 1. The number of rotatable bonds is 7. The van der Waals surface area contributed by atoms with Crippen LogP contribution in [0.15, 0.2) is 36.4 Å². The first-order chi connectivity index (χ1) is 12.8. The molecule has 0 amide bonds. The van der Waals surface area contributed by atoms with Gasteiger partial charge in [-0.25, -0.2) is 0 Å². The highest BCUT2D eigenvalue weighted by molar-refractivity contribution is 6.35. The predicted molar refractivity (Wildman–Crippen MR) is 116 cm³/mol. The van der Waals surface area contributed by atoms with Crippen LogP contribution in [-0.2, 0) is 11.2 Å². The molecule has 0 fully saturated rings. The summed E-state index contributed by atoms with van der Waals surface area (Å²) in [6, 6.07) is 11.8. The molecule has 27 heavy (non-hydrogen) atoms. The van der Waals surface area contributed by atoms with Crippen molar-refractivity contribution in [2.75, 3.05) is 0 Å². The molecule has 0 heterocycles. The quantitative estimate of drug-likeness (QED) is 0.513. The molecule has 2 aromatic rings. The third-order valence-corrected chi connectivity index (χ3v) is 5.15. The van der Waals surface area contributed by atoms with Crippen LogP contribution in [0.4, 0.5) is 0 Å². The van der Waals surface area contributed by atoms with Gasteiger partial charge >= 0.3 is 5.97 Å². The second-order valence-corrected chi connectivity index (χ2v) is 7.44. The van der Waals surface area contributed by atoms with E-state index in [2.05, 4.69) is 26.0 Å². The Kier molecular flexibility index (Phi) is 9.90. The van der Waals surface area contributed by atoms with Gasteiger partial charge in [-0.2, -0.15) is 0 Å².